The maximum atomic E-state index is 13.5. The summed E-state index contributed by atoms with van der Waals surface area (Å²) in [6.45, 7) is 1.29. The van der Waals surface area contributed by atoms with Crippen LogP contribution in [-0.4, -0.2) is 36.2 Å². The molecule has 1 aliphatic carbocycles. The van der Waals surface area contributed by atoms with Crippen LogP contribution in [0.15, 0.2) is 18.2 Å². The third-order valence-corrected chi connectivity index (χ3v) is 3.11. The minimum atomic E-state index is -1.18. The van der Waals surface area contributed by atoms with E-state index >= 15 is 0 Å². The number of amides is 2. The monoisotopic (exact) mass is 295 g/mol. The van der Waals surface area contributed by atoms with Crippen molar-refractivity contribution < 1.29 is 19.1 Å². The van der Waals surface area contributed by atoms with E-state index in [0.717, 1.165) is 31.2 Å². The Bertz CT molecular complexity index is 532. The van der Waals surface area contributed by atoms with Crippen LogP contribution in [-0.2, 0) is 0 Å². The van der Waals surface area contributed by atoms with Crippen molar-refractivity contribution in [2.75, 3.05) is 18.4 Å². The first-order chi connectivity index (χ1) is 10.1. The highest BCUT2D eigenvalue weighted by molar-refractivity contribution is 5.93. The second-order valence-corrected chi connectivity index (χ2v) is 4.96. The van der Waals surface area contributed by atoms with E-state index in [9.17, 15) is 14.0 Å². The Hall–Kier alpha value is -2.15. The number of benzene rings is 1. The molecule has 0 unspecified atom stereocenters. The molecule has 21 heavy (non-hydrogen) atoms. The zero-order valence-corrected chi connectivity index (χ0v) is 11.5. The standard InChI is InChI=1S/C14H18FN3O3/c15-11-5-2-9(13(19)20)8-12(11)18-14(21)17-7-1-6-16-10-3-4-10/h2,5,8,10,16H,1,3-4,6-7H2,(H,19,20)(H2,17,18,21). The van der Waals surface area contributed by atoms with E-state index in [4.69, 9.17) is 5.11 Å². The lowest BCUT2D eigenvalue weighted by Crippen LogP contribution is -2.31. The Morgan fingerprint density at radius 2 is 2.05 bits per heavy atom. The predicted molar refractivity (Wildman–Crippen MR) is 76.0 cm³/mol. The topological polar surface area (TPSA) is 90.5 Å². The number of hydrogen-bond donors (Lipinski definition) is 4. The molecular weight excluding hydrogens is 277 g/mol. The van der Waals surface area contributed by atoms with Crippen molar-refractivity contribution in [2.45, 2.75) is 25.3 Å². The number of anilines is 1. The number of hydrogen-bond acceptors (Lipinski definition) is 3. The molecule has 1 fully saturated rings. The van der Waals surface area contributed by atoms with Gasteiger partial charge in [-0.25, -0.2) is 14.0 Å². The van der Waals surface area contributed by atoms with Crippen LogP contribution < -0.4 is 16.0 Å². The van der Waals surface area contributed by atoms with Gasteiger partial charge in [0.05, 0.1) is 11.3 Å². The van der Waals surface area contributed by atoms with Gasteiger partial charge >= 0.3 is 12.0 Å². The van der Waals surface area contributed by atoms with E-state index < -0.39 is 17.8 Å². The Morgan fingerprint density at radius 1 is 1.29 bits per heavy atom. The fourth-order valence-electron chi connectivity index (χ4n) is 1.80. The summed E-state index contributed by atoms with van der Waals surface area (Å²) >= 11 is 0. The Kier molecular flexibility index (Phi) is 5.10. The number of carbonyl (C=O) groups excluding carboxylic acids is 1. The lowest BCUT2D eigenvalue weighted by atomic mass is 10.2. The summed E-state index contributed by atoms with van der Waals surface area (Å²) in [5.74, 6) is -1.85. The van der Waals surface area contributed by atoms with E-state index in [1.807, 2.05) is 0 Å². The SMILES string of the molecule is O=C(NCCCNC1CC1)Nc1cc(C(=O)O)ccc1F. The molecule has 0 saturated heterocycles. The fourth-order valence-corrected chi connectivity index (χ4v) is 1.80. The Balaban J connectivity index is 1.75. The molecule has 0 aliphatic heterocycles. The zero-order chi connectivity index (χ0) is 15.2. The Labute approximate surface area is 121 Å². The van der Waals surface area contributed by atoms with Crippen LogP contribution in [0.4, 0.5) is 14.9 Å². The molecule has 0 heterocycles. The second-order valence-electron chi connectivity index (χ2n) is 4.96. The lowest BCUT2D eigenvalue weighted by Gasteiger charge is -2.09. The Morgan fingerprint density at radius 3 is 2.71 bits per heavy atom. The number of carboxylic acids is 1. The van der Waals surface area contributed by atoms with Crippen LogP contribution in [0, 0.1) is 5.82 Å². The molecule has 0 spiro atoms. The van der Waals surface area contributed by atoms with Crippen LogP contribution in [0.1, 0.15) is 29.6 Å². The fraction of sp³-hybridized carbons (Fsp3) is 0.429. The van der Waals surface area contributed by atoms with Crippen molar-refractivity contribution in [3.8, 4) is 0 Å². The summed E-state index contributed by atoms with van der Waals surface area (Å²) in [6.07, 6.45) is 3.21. The van der Waals surface area contributed by atoms with Gasteiger partial charge in [0.15, 0.2) is 0 Å². The molecule has 6 nitrogen and oxygen atoms in total. The number of nitrogens with one attached hydrogen (secondary N) is 3. The highest BCUT2D eigenvalue weighted by Gasteiger charge is 2.19. The molecule has 0 radical (unpaired) electrons. The number of urea groups is 1. The van der Waals surface area contributed by atoms with Crippen molar-refractivity contribution >= 4 is 17.7 Å². The third kappa shape index (κ3) is 5.03. The van der Waals surface area contributed by atoms with Gasteiger partial charge in [0.1, 0.15) is 5.82 Å². The van der Waals surface area contributed by atoms with Crippen molar-refractivity contribution in [3.63, 3.8) is 0 Å². The van der Waals surface area contributed by atoms with Gasteiger partial charge in [-0.05, 0) is 44.0 Å². The molecule has 7 heteroatoms. The molecule has 1 saturated carbocycles. The van der Waals surface area contributed by atoms with Crippen LogP contribution in [0.3, 0.4) is 0 Å². The zero-order valence-electron chi connectivity index (χ0n) is 11.5. The maximum Gasteiger partial charge on any atom is 0.335 e. The van der Waals surface area contributed by atoms with Gasteiger partial charge in [-0.2, -0.15) is 0 Å². The molecular formula is C14H18FN3O3. The van der Waals surface area contributed by atoms with Crippen molar-refractivity contribution in [2.24, 2.45) is 0 Å². The number of carboxylic acid groups (broad SMARTS) is 1. The third-order valence-electron chi connectivity index (χ3n) is 3.11. The average molecular weight is 295 g/mol. The number of halogens is 1. The van der Waals surface area contributed by atoms with Crippen molar-refractivity contribution in [1.82, 2.24) is 10.6 Å². The van der Waals surface area contributed by atoms with Gasteiger partial charge in [0.2, 0.25) is 0 Å². The second kappa shape index (κ2) is 7.03. The molecule has 0 aromatic heterocycles. The van der Waals surface area contributed by atoms with E-state index in [1.54, 1.807) is 0 Å². The summed E-state index contributed by atoms with van der Waals surface area (Å²) in [5.41, 5.74) is -0.233. The van der Waals surface area contributed by atoms with Crippen LogP contribution in [0.25, 0.3) is 0 Å². The molecule has 1 aromatic rings. The first kappa shape index (κ1) is 15.2. The molecule has 1 aliphatic rings. The smallest absolute Gasteiger partial charge is 0.335 e. The number of rotatable bonds is 7. The van der Waals surface area contributed by atoms with E-state index in [1.165, 1.54) is 12.8 Å². The first-order valence-electron chi connectivity index (χ1n) is 6.87. The van der Waals surface area contributed by atoms with Crippen LogP contribution >= 0.6 is 0 Å². The predicted octanol–water partition coefficient (Wildman–Crippen LogP) is 1.79. The van der Waals surface area contributed by atoms with Gasteiger partial charge in [-0.3, -0.25) is 0 Å². The van der Waals surface area contributed by atoms with E-state index in [-0.39, 0.29) is 11.3 Å². The summed E-state index contributed by atoms with van der Waals surface area (Å²) < 4.78 is 13.5. The highest BCUT2D eigenvalue weighted by atomic mass is 19.1. The molecule has 2 amide bonds. The minimum Gasteiger partial charge on any atom is -0.478 e. The number of carbonyl (C=O) groups is 2. The van der Waals surface area contributed by atoms with Crippen molar-refractivity contribution in [3.05, 3.63) is 29.6 Å². The van der Waals surface area contributed by atoms with Gasteiger partial charge < -0.3 is 21.1 Å². The molecule has 0 atom stereocenters. The van der Waals surface area contributed by atoms with Crippen LogP contribution in [0.2, 0.25) is 0 Å². The molecule has 114 valence electrons. The quantitative estimate of drug-likeness (QED) is 0.577. The largest absolute Gasteiger partial charge is 0.478 e. The summed E-state index contributed by atoms with van der Waals surface area (Å²) in [6, 6.07) is 3.32. The molecule has 0 bridgehead atoms. The van der Waals surface area contributed by atoms with Gasteiger partial charge in [-0.15, -0.1) is 0 Å². The van der Waals surface area contributed by atoms with Crippen molar-refractivity contribution in [1.29, 1.82) is 0 Å². The maximum absolute atomic E-state index is 13.5. The van der Waals surface area contributed by atoms with Gasteiger partial charge in [0, 0.05) is 12.6 Å². The average Bonchev–Trinajstić information content (AvgIpc) is 3.24. The van der Waals surface area contributed by atoms with E-state index in [0.29, 0.717) is 12.6 Å². The molecule has 1 aromatic carbocycles. The number of aromatic carboxylic acids is 1. The minimum absolute atomic E-state index is 0.0830. The van der Waals surface area contributed by atoms with Gasteiger partial charge in [-0.1, -0.05) is 0 Å². The summed E-state index contributed by atoms with van der Waals surface area (Å²) in [4.78, 5) is 22.4. The highest BCUT2D eigenvalue weighted by Crippen LogP contribution is 2.18. The molecule has 4 N–H and O–H groups in total. The van der Waals surface area contributed by atoms with E-state index in [2.05, 4.69) is 16.0 Å². The lowest BCUT2D eigenvalue weighted by molar-refractivity contribution is 0.0697. The molecule has 2 rings (SSSR count). The summed E-state index contributed by atoms with van der Waals surface area (Å²) in [5, 5.41) is 17.0. The van der Waals surface area contributed by atoms with Crippen LogP contribution in [0.5, 0.6) is 0 Å². The first-order valence-corrected chi connectivity index (χ1v) is 6.87. The summed E-state index contributed by atoms with van der Waals surface area (Å²) in [7, 11) is 0. The van der Waals surface area contributed by atoms with Gasteiger partial charge in [0.25, 0.3) is 0 Å². The normalized spacial score (nSPS) is 13.8.